The second-order valence-electron chi connectivity index (χ2n) is 7.84. The number of hydrogen-bond acceptors (Lipinski definition) is 11. The van der Waals surface area contributed by atoms with Gasteiger partial charge in [-0.15, -0.1) is 0 Å². The Bertz CT molecular complexity index is 1150. The fourth-order valence-corrected chi connectivity index (χ4v) is 3.75. The summed E-state index contributed by atoms with van der Waals surface area (Å²) in [5, 5.41) is 32.9. The van der Waals surface area contributed by atoms with E-state index in [1.807, 2.05) is 6.92 Å². The third kappa shape index (κ3) is 4.66. The number of fused-ring (bicyclic) bond motifs is 1. The Balaban J connectivity index is 1.51. The Hall–Kier alpha value is -3.32. The van der Waals surface area contributed by atoms with Crippen molar-refractivity contribution in [2.24, 2.45) is 0 Å². The number of aliphatic hydroxyl groups excluding tert-OH is 3. The average Bonchev–Trinajstić information content (AvgIpc) is 3.39. The molecule has 0 amide bonds. The van der Waals surface area contributed by atoms with Crippen molar-refractivity contribution in [2.45, 2.75) is 50.8 Å². The van der Waals surface area contributed by atoms with E-state index in [0.29, 0.717) is 47.9 Å². The summed E-state index contributed by atoms with van der Waals surface area (Å²) in [6, 6.07) is 5.24. The Morgan fingerprint density at radius 3 is 2.74 bits per heavy atom. The van der Waals surface area contributed by atoms with Crippen LogP contribution in [0.4, 0.5) is 5.82 Å². The first-order valence-electron chi connectivity index (χ1n) is 10.9. The number of anilines is 1. The Kier molecular flexibility index (Phi) is 7.22. The molecule has 0 aliphatic carbocycles. The van der Waals surface area contributed by atoms with Crippen LogP contribution < -0.4 is 14.8 Å². The molecule has 12 nitrogen and oxygen atoms in total. The summed E-state index contributed by atoms with van der Waals surface area (Å²) >= 11 is 0. The van der Waals surface area contributed by atoms with E-state index < -0.39 is 31.1 Å². The lowest BCUT2D eigenvalue weighted by atomic mass is 10.1. The lowest BCUT2D eigenvalue weighted by molar-refractivity contribution is -0.134. The summed E-state index contributed by atoms with van der Waals surface area (Å²) in [4.78, 5) is 24.6. The highest BCUT2D eigenvalue weighted by molar-refractivity contribution is 5.82. The van der Waals surface area contributed by atoms with Crippen LogP contribution in [-0.2, 0) is 16.1 Å². The molecule has 0 radical (unpaired) electrons. The zero-order valence-corrected chi connectivity index (χ0v) is 18.8. The van der Waals surface area contributed by atoms with Crippen LogP contribution in [0.5, 0.6) is 11.5 Å². The minimum atomic E-state index is -1.25. The molecular weight excluding hydrogens is 446 g/mol. The zero-order chi connectivity index (χ0) is 24.2. The molecule has 1 aliphatic heterocycles. The molecule has 1 unspecified atom stereocenters. The number of aliphatic hydroxyl groups is 3. The summed E-state index contributed by atoms with van der Waals surface area (Å²) in [5.74, 6) is 0.921. The van der Waals surface area contributed by atoms with Gasteiger partial charge >= 0.3 is 5.97 Å². The third-order valence-electron chi connectivity index (χ3n) is 5.52. The molecule has 0 bridgehead atoms. The van der Waals surface area contributed by atoms with Gasteiger partial charge in [-0.25, -0.2) is 15.0 Å². The van der Waals surface area contributed by atoms with Crippen LogP contribution in [0.3, 0.4) is 0 Å². The van der Waals surface area contributed by atoms with E-state index in [1.54, 1.807) is 18.2 Å². The van der Waals surface area contributed by atoms with E-state index in [9.17, 15) is 20.1 Å². The molecule has 0 spiro atoms. The first-order chi connectivity index (χ1) is 16.5. The van der Waals surface area contributed by atoms with Crippen LogP contribution in [0.2, 0.25) is 0 Å². The Morgan fingerprint density at radius 1 is 1.21 bits per heavy atom. The molecule has 34 heavy (non-hydrogen) atoms. The fourth-order valence-electron chi connectivity index (χ4n) is 3.75. The van der Waals surface area contributed by atoms with Crippen molar-refractivity contribution in [2.75, 3.05) is 19.0 Å². The second kappa shape index (κ2) is 10.3. The minimum absolute atomic E-state index is 0.320. The number of benzene rings is 1. The highest BCUT2D eigenvalue weighted by Crippen LogP contribution is 2.32. The Morgan fingerprint density at radius 2 is 2.03 bits per heavy atom. The number of nitrogens with one attached hydrogen (secondary N) is 1. The van der Waals surface area contributed by atoms with Crippen LogP contribution >= 0.6 is 0 Å². The molecule has 12 heteroatoms. The van der Waals surface area contributed by atoms with Crippen molar-refractivity contribution in [3.63, 3.8) is 0 Å². The van der Waals surface area contributed by atoms with Crippen LogP contribution in [-0.4, -0.2) is 72.8 Å². The Labute approximate surface area is 195 Å². The van der Waals surface area contributed by atoms with E-state index in [4.69, 9.17) is 14.2 Å². The van der Waals surface area contributed by atoms with Crippen LogP contribution in [0, 0.1) is 0 Å². The summed E-state index contributed by atoms with van der Waals surface area (Å²) in [7, 11) is 1.50. The maximum absolute atomic E-state index is 11.8. The van der Waals surface area contributed by atoms with Crippen molar-refractivity contribution < 1.29 is 34.3 Å². The molecule has 1 fully saturated rings. The van der Waals surface area contributed by atoms with Crippen molar-refractivity contribution in [1.29, 1.82) is 0 Å². The standard InChI is InChI=1S/C22H27N5O7/c1-3-4-16(29)33-13-6-5-12(7-14(13)32-2)8-23-20-17-21(25-10-24-20)27(11-26-17)22-19(31)18(30)15(9-28)34-22/h5-7,10-11,15,18-19,22,28,30-31H,3-4,8-9H2,1-2H3,(H,23,24,25)/t15-,18?,19+,22-/m1/s1. The van der Waals surface area contributed by atoms with Crippen molar-refractivity contribution in [3.05, 3.63) is 36.4 Å². The molecule has 1 aromatic carbocycles. The number of esters is 1. The van der Waals surface area contributed by atoms with Crippen molar-refractivity contribution in [1.82, 2.24) is 19.5 Å². The number of aromatic nitrogens is 4. The molecule has 4 N–H and O–H groups in total. The number of methoxy groups -OCH3 is 1. The number of ether oxygens (including phenoxy) is 3. The van der Waals surface area contributed by atoms with E-state index in [-0.39, 0.29) is 5.97 Å². The maximum atomic E-state index is 11.8. The average molecular weight is 473 g/mol. The number of hydrogen-bond donors (Lipinski definition) is 4. The molecule has 3 aromatic rings. The van der Waals surface area contributed by atoms with Gasteiger partial charge in [-0.05, 0) is 24.1 Å². The van der Waals surface area contributed by atoms with Crippen LogP contribution in [0.1, 0.15) is 31.6 Å². The SMILES string of the molecule is CCCC(=O)Oc1ccc(CNc2ncnc3c2ncn3[C@@H]2O[C@H](CO)C(O)[C@@H]2O)cc1OC. The number of nitrogens with zero attached hydrogens (tertiary/aromatic N) is 4. The van der Waals surface area contributed by atoms with Gasteiger partial charge in [0, 0.05) is 13.0 Å². The fraction of sp³-hybridized carbons (Fsp3) is 0.455. The number of rotatable bonds is 9. The van der Waals surface area contributed by atoms with Crippen LogP contribution in [0.15, 0.2) is 30.9 Å². The van der Waals surface area contributed by atoms with E-state index in [1.165, 1.54) is 24.3 Å². The van der Waals surface area contributed by atoms with Crippen molar-refractivity contribution >= 4 is 23.0 Å². The molecule has 1 aliphatic rings. The molecule has 2 aromatic heterocycles. The van der Waals surface area contributed by atoms with Gasteiger partial charge in [0.25, 0.3) is 0 Å². The summed E-state index contributed by atoms with van der Waals surface area (Å²) in [6.45, 7) is 1.84. The largest absolute Gasteiger partial charge is 0.493 e. The molecule has 4 atom stereocenters. The van der Waals surface area contributed by atoms with Gasteiger partial charge < -0.3 is 34.8 Å². The van der Waals surface area contributed by atoms with Gasteiger partial charge in [0.05, 0.1) is 20.0 Å². The van der Waals surface area contributed by atoms with Gasteiger partial charge in [0.1, 0.15) is 24.6 Å². The van der Waals surface area contributed by atoms with E-state index in [0.717, 1.165) is 5.56 Å². The highest BCUT2D eigenvalue weighted by Gasteiger charge is 2.44. The molecular formula is C22H27N5O7. The zero-order valence-electron chi connectivity index (χ0n) is 18.8. The maximum Gasteiger partial charge on any atom is 0.311 e. The van der Waals surface area contributed by atoms with Gasteiger partial charge in [-0.2, -0.15) is 0 Å². The first kappa shape index (κ1) is 23.8. The topological polar surface area (TPSA) is 161 Å². The molecule has 182 valence electrons. The van der Waals surface area contributed by atoms with E-state index >= 15 is 0 Å². The lowest BCUT2D eigenvalue weighted by Crippen LogP contribution is -2.33. The van der Waals surface area contributed by atoms with Gasteiger partial charge in [-0.3, -0.25) is 9.36 Å². The minimum Gasteiger partial charge on any atom is -0.493 e. The summed E-state index contributed by atoms with van der Waals surface area (Å²) in [5.41, 5.74) is 1.68. The lowest BCUT2D eigenvalue weighted by Gasteiger charge is -2.16. The summed E-state index contributed by atoms with van der Waals surface area (Å²) < 4.78 is 17.8. The van der Waals surface area contributed by atoms with Crippen molar-refractivity contribution in [3.8, 4) is 11.5 Å². The van der Waals surface area contributed by atoms with E-state index in [2.05, 4.69) is 20.3 Å². The second-order valence-corrected chi connectivity index (χ2v) is 7.84. The molecule has 4 rings (SSSR count). The van der Waals surface area contributed by atoms with Crippen LogP contribution in [0.25, 0.3) is 11.2 Å². The quantitative estimate of drug-likeness (QED) is 0.256. The van der Waals surface area contributed by atoms with Gasteiger partial charge in [0.15, 0.2) is 34.7 Å². The van der Waals surface area contributed by atoms with Gasteiger partial charge in [0.2, 0.25) is 0 Å². The molecule has 1 saturated heterocycles. The summed E-state index contributed by atoms with van der Waals surface area (Å²) in [6.07, 6.45) is -0.534. The first-order valence-corrected chi connectivity index (χ1v) is 10.9. The third-order valence-corrected chi connectivity index (χ3v) is 5.52. The van der Waals surface area contributed by atoms with Gasteiger partial charge in [-0.1, -0.05) is 13.0 Å². The predicted molar refractivity (Wildman–Crippen MR) is 119 cm³/mol. The number of carbonyl (C=O) groups is 1. The highest BCUT2D eigenvalue weighted by atomic mass is 16.6. The number of imidazole rings is 1. The normalized spacial score (nSPS) is 22.1. The number of carbonyl (C=O) groups excluding carboxylic acids is 1. The predicted octanol–water partition coefficient (Wildman–Crippen LogP) is 0.764. The smallest absolute Gasteiger partial charge is 0.311 e. The monoisotopic (exact) mass is 473 g/mol. The molecule has 3 heterocycles. The molecule has 0 saturated carbocycles.